The number of carbonyl (C=O) groups excluding carboxylic acids is 1. The van der Waals surface area contributed by atoms with Crippen molar-refractivity contribution in [2.24, 2.45) is 0 Å². The van der Waals surface area contributed by atoms with E-state index in [4.69, 9.17) is 9.47 Å². The molecule has 10 heteroatoms. The van der Waals surface area contributed by atoms with Crippen molar-refractivity contribution in [2.45, 2.75) is 76.1 Å². The van der Waals surface area contributed by atoms with Crippen LogP contribution in [0.25, 0.3) is 0 Å². The van der Waals surface area contributed by atoms with Crippen LogP contribution in [0.3, 0.4) is 0 Å². The average Bonchev–Trinajstić information content (AvgIpc) is 2.92. The maximum Gasteiger partial charge on any atom is 0.410 e. The van der Waals surface area contributed by atoms with Crippen LogP contribution in [0.1, 0.15) is 69.8 Å². The second-order valence-corrected chi connectivity index (χ2v) is 13.3. The first-order valence-corrected chi connectivity index (χ1v) is 15.3. The first-order valence-electron chi connectivity index (χ1n) is 13.8. The Kier molecular flexibility index (Phi) is 9.24. The van der Waals surface area contributed by atoms with Crippen molar-refractivity contribution >= 4 is 21.8 Å². The fourth-order valence-corrected chi connectivity index (χ4v) is 5.66. The third-order valence-corrected chi connectivity index (χ3v) is 8.12. The molecule has 9 nitrogen and oxygen atoms in total. The molecule has 0 saturated heterocycles. The number of aryl methyl sites for hydroxylation is 1. The molecule has 1 aliphatic heterocycles. The van der Waals surface area contributed by atoms with Crippen LogP contribution in [-0.2, 0) is 21.2 Å². The van der Waals surface area contributed by atoms with Gasteiger partial charge in [0.25, 0.3) is 10.0 Å². The number of amides is 1. The minimum Gasteiger partial charge on any atom is -0.488 e. The number of fused-ring (bicyclic) bond motifs is 1. The molecule has 2 heterocycles. The predicted octanol–water partition coefficient (Wildman–Crippen LogP) is 5.67. The van der Waals surface area contributed by atoms with Crippen LogP contribution in [0.5, 0.6) is 5.75 Å². The minimum absolute atomic E-state index is 0.00826. The van der Waals surface area contributed by atoms with Gasteiger partial charge in [0.15, 0.2) is 0 Å². The van der Waals surface area contributed by atoms with E-state index in [1.54, 1.807) is 69.6 Å². The summed E-state index contributed by atoms with van der Waals surface area (Å²) < 4.78 is 40.6. The number of aliphatic hydroxyl groups is 1. The van der Waals surface area contributed by atoms with Gasteiger partial charge < -0.3 is 19.5 Å². The monoisotopic (exact) mass is 581 g/mol. The number of sulfonamides is 1. The van der Waals surface area contributed by atoms with E-state index in [0.29, 0.717) is 35.8 Å². The molecule has 0 fully saturated rings. The maximum atomic E-state index is 13.1. The van der Waals surface area contributed by atoms with E-state index in [2.05, 4.69) is 23.6 Å². The Hall–Kier alpha value is -3.63. The number of carbonyl (C=O) groups is 1. The van der Waals surface area contributed by atoms with Crippen LogP contribution >= 0.6 is 0 Å². The lowest BCUT2D eigenvalue weighted by atomic mass is 10.0. The van der Waals surface area contributed by atoms with E-state index in [0.717, 1.165) is 11.1 Å². The van der Waals surface area contributed by atoms with E-state index >= 15 is 0 Å². The van der Waals surface area contributed by atoms with Gasteiger partial charge in [-0.1, -0.05) is 32.0 Å². The molecule has 2 unspecified atom stereocenters. The largest absolute Gasteiger partial charge is 0.488 e. The lowest BCUT2D eigenvalue weighted by Crippen LogP contribution is -2.45. The zero-order valence-corrected chi connectivity index (χ0v) is 25.0. The number of rotatable bonds is 9. The summed E-state index contributed by atoms with van der Waals surface area (Å²) >= 11 is 0. The standard InChI is InChI=1S/C31H39N3O6S/c1-21(2)22-8-11-25(12-9-22)33-41(37,38)27-14-15-29-23(17-27)10-13-26(39-29)19-34(30(36)40-31(3,4)5)20-28(35)24-7-6-16-32-18-24/h6-9,11-12,14-18,21,26,28,33,35H,10,13,19-20H2,1-5H3. The van der Waals surface area contributed by atoms with Crippen LogP contribution in [0.15, 0.2) is 71.9 Å². The summed E-state index contributed by atoms with van der Waals surface area (Å²) in [5.74, 6) is 0.922. The molecule has 0 aliphatic carbocycles. The smallest absolute Gasteiger partial charge is 0.410 e. The van der Waals surface area contributed by atoms with Crippen LogP contribution in [-0.4, -0.2) is 54.3 Å². The Morgan fingerprint density at radius 1 is 1.15 bits per heavy atom. The number of hydrogen-bond donors (Lipinski definition) is 2. The maximum absolute atomic E-state index is 13.1. The van der Waals surface area contributed by atoms with E-state index in [-0.39, 0.29) is 24.1 Å². The predicted molar refractivity (Wildman–Crippen MR) is 158 cm³/mol. The summed E-state index contributed by atoms with van der Waals surface area (Å²) in [6, 6.07) is 15.6. The summed E-state index contributed by atoms with van der Waals surface area (Å²) in [5.41, 5.74) is 2.29. The summed E-state index contributed by atoms with van der Waals surface area (Å²) in [6.07, 6.45) is 2.44. The fourth-order valence-electron chi connectivity index (χ4n) is 4.55. The van der Waals surface area contributed by atoms with E-state index in [9.17, 15) is 18.3 Å². The zero-order chi connectivity index (χ0) is 29.8. The Labute approximate surface area is 242 Å². The van der Waals surface area contributed by atoms with Crippen molar-refractivity contribution in [2.75, 3.05) is 17.8 Å². The minimum atomic E-state index is -3.79. The molecule has 0 saturated carbocycles. The van der Waals surface area contributed by atoms with Crippen LogP contribution in [0.2, 0.25) is 0 Å². The second kappa shape index (κ2) is 12.5. The normalized spacial score (nSPS) is 15.9. The molecule has 2 aromatic carbocycles. The van der Waals surface area contributed by atoms with Gasteiger partial charge in [0.05, 0.1) is 24.1 Å². The van der Waals surface area contributed by atoms with Crippen LogP contribution in [0, 0.1) is 0 Å². The zero-order valence-electron chi connectivity index (χ0n) is 24.2. The molecule has 0 bridgehead atoms. The fraction of sp³-hybridized carbons (Fsp3) is 0.419. The molecular formula is C31H39N3O6S. The summed E-state index contributed by atoms with van der Waals surface area (Å²) in [4.78, 5) is 18.7. The van der Waals surface area contributed by atoms with Crippen molar-refractivity contribution in [3.05, 3.63) is 83.7 Å². The molecule has 0 spiro atoms. The molecule has 1 aromatic heterocycles. The molecule has 4 rings (SSSR count). The molecule has 2 N–H and O–H groups in total. The van der Waals surface area contributed by atoms with Gasteiger partial charge >= 0.3 is 6.09 Å². The van der Waals surface area contributed by atoms with Gasteiger partial charge in [0.1, 0.15) is 17.5 Å². The van der Waals surface area contributed by atoms with E-state index in [1.165, 1.54) is 11.0 Å². The number of hydrogen-bond acceptors (Lipinski definition) is 7. The first kappa shape index (κ1) is 30.3. The van der Waals surface area contributed by atoms with Crippen molar-refractivity contribution in [1.82, 2.24) is 9.88 Å². The Bertz CT molecular complexity index is 1440. The van der Waals surface area contributed by atoms with Gasteiger partial charge in [-0.15, -0.1) is 0 Å². The number of aromatic nitrogens is 1. The number of pyridine rings is 1. The van der Waals surface area contributed by atoms with E-state index < -0.39 is 27.8 Å². The average molecular weight is 582 g/mol. The molecule has 1 aliphatic rings. The SMILES string of the molecule is CC(C)c1ccc(NS(=O)(=O)c2ccc3c(c2)CCC(CN(CC(O)c2cccnc2)C(=O)OC(C)(C)C)O3)cc1. The van der Waals surface area contributed by atoms with Crippen molar-refractivity contribution in [3.8, 4) is 5.75 Å². The van der Waals surface area contributed by atoms with Gasteiger partial charge in [-0.25, -0.2) is 13.2 Å². The second-order valence-electron chi connectivity index (χ2n) is 11.6. The number of aliphatic hydroxyl groups excluding tert-OH is 1. The molecular weight excluding hydrogens is 542 g/mol. The lowest BCUT2D eigenvalue weighted by Gasteiger charge is -2.33. The summed E-state index contributed by atoms with van der Waals surface area (Å²) in [5, 5.41) is 10.8. The molecule has 41 heavy (non-hydrogen) atoms. The highest BCUT2D eigenvalue weighted by atomic mass is 32.2. The topological polar surface area (TPSA) is 118 Å². The lowest BCUT2D eigenvalue weighted by molar-refractivity contribution is 0.00364. The molecule has 3 aromatic rings. The van der Waals surface area contributed by atoms with Crippen LogP contribution in [0.4, 0.5) is 10.5 Å². The Morgan fingerprint density at radius 2 is 1.88 bits per heavy atom. The highest BCUT2D eigenvalue weighted by Gasteiger charge is 2.30. The number of ether oxygens (including phenoxy) is 2. The Morgan fingerprint density at radius 3 is 2.51 bits per heavy atom. The third-order valence-electron chi connectivity index (χ3n) is 6.74. The van der Waals surface area contributed by atoms with Gasteiger partial charge in [0.2, 0.25) is 0 Å². The van der Waals surface area contributed by atoms with Crippen LogP contribution < -0.4 is 9.46 Å². The van der Waals surface area contributed by atoms with Crippen molar-refractivity contribution in [3.63, 3.8) is 0 Å². The molecule has 1 amide bonds. The Balaban J connectivity index is 1.45. The van der Waals surface area contributed by atoms with Gasteiger partial charge in [-0.05, 0) is 87.1 Å². The quantitative estimate of drug-likeness (QED) is 0.334. The number of anilines is 1. The highest BCUT2D eigenvalue weighted by Crippen LogP contribution is 2.31. The highest BCUT2D eigenvalue weighted by molar-refractivity contribution is 7.92. The summed E-state index contributed by atoms with van der Waals surface area (Å²) in [6.45, 7) is 9.73. The summed E-state index contributed by atoms with van der Waals surface area (Å²) in [7, 11) is -3.79. The number of nitrogens with zero attached hydrogens (tertiary/aromatic N) is 2. The molecule has 220 valence electrons. The van der Waals surface area contributed by atoms with Gasteiger partial charge in [0, 0.05) is 23.6 Å². The molecule has 2 atom stereocenters. The first-order chi connectivity index (χ1) is 19.3. The number of nitrogens with one attached hydrogen (secondary N) is 1. The van der Waals surface area contributed by atoms with Crippen molar-refractivity contribution < 1.29 is 27.8 Å². The van der Waals surface area contributed by atoms with Gasteiger partial charge in [-0.2, -0.15) is 0 Å². The molecule has 0 radical (unpaired) electrons. The number of benzene rings is 2. The van der Waals surface area contributed by atoms with Crippen molar-refractivity contribution in [1.29, 1.82) is 0 Å². The van der Waals surface area contributed by atoms with E-state index in [1.807, 2.05) is 12.1 Å². The third kappa shape index (κ3) is 8.20. The van der Waals surface area contributed by atoms with Gasteiger partial charge in [-0.3, -0.25) is 9.71 Å².